The van der Waals surface area contributed by atoms with Crippen molar-refractivity contribution in [1.29, 1.82) is 0 Å². The quantitative estimate of drug-likeness (QED) is 0.735. The molecule has 0 fully saturated rings. The lowest BCUT2D eigenvalue weighted by atomic mass is 10.2. The minimum atomic E-state index is -0.788. The van der Waals surface area contributed by atoms with Gasteiger partial charge in [-0.1, -0.05) is 11.6 Å². The Morgan fingerprint density at radius 3 is 2.71 bits per heavy atom. The van der Waals surface area contributed by atoms with E-state index in [1.807, 2.05) is 0 Å². The molecule has 0 amide bonds. The summed E-state index contributed by atoms with van der Waals surface area (Å²) in [7, 11) is 0. The number of nitrogens with one attached hydrogen (secondary N) is 1. The predicted molar refractivity (Wildman–Crippen MR) is 74.5 cm³/mol. The number of aromatic nitrogens is 4. The Balaban J connectivity index is 2.10. The van der Waals surface area contributed by atoms with E-state index >= 15 is 0 Å². The molecule has 0 atom stereocenters. The molecule has 0 unspecified atom stereocenters. The summed E-state index contributed by atoms with van der Waals surface area (Å²) in [5.41, 5.74) is 0.779. The third kappa shape index (κ3) is 2.47. The first kappa shape index (κ1) is 13.6. The van der Waals surface area contributed by atoms with E-state index in [9.17, 15) is 8.78 Å². The third-order valence-electron chi connectivity index (χ3n) is 2.89. The van der Waals surface area contributed by atoms with Crippen molar-refractivity contribution in [2.75, 3.05) is 5.32 Å². The lowest BCUT2D eigenvalue weighted by Gasteiger charge is -2.09. The zero-order chi connectivity index (χ0) is 15.0. The molecule has 3 rings (SSSR count). The van der Waals surface area contributed by atoms with Gasteiger partial charge >= 0.3 is 0 Å². The van der Waals surface area contributed by atoms with Gasteiger partial charge in [0.25, 0.3) is 0 Å². The summed E-state index contributed by atoms with van der Waals surface area (Å²) in [6.45, 7) is 1.32. The lowest BCUT2D eigenvalue weighted by Crippen LogP contribution is -2.04. The van der Waals surface area contributed by atoms with Crippen LogP contribution in [0.3, 0.4) is 0 Å². The second-order valence-electron chi connectivity index (χ2n) is 4.24. The molecule has 3 heterocycles. The minimum absolute atomic E-state index is 0.128. The summed E-state index contributed by atoms with van der Waals surface area (Å²) in [5, 5.41) is 2.94. The first-order valence-electron chi connectivity index (χ1n) is 5.91. The van der Waals surface area contributed by atoms with Crippen molar-refractivity contribution in [3.05, 3.63) is 47.0 Å². The molecule has 0 aliphatic carbocycles. The molecular weight excluding hydrogens is 300 g/mol. The Bertz CT molecular complexity index is 840. The van der Waals surface area contributed by atoms with E-state index in [1.54, 1.807) is 12.1 Å². The molecule has 3 aromatic rings. The second kappa shape index (κ2) is 5.17. The van der Waals surface area contributed by atoms with Crippen LogP contribution in [-0.4, -0.2) is 19.9 Å². The van der Waals surface area contributed by atoms with Crippen molar-refractivity contribution in [3.8, 4) is 0 Å². The van der Waals surface area contributed by atoms with E-state index in [-0.39, 0.29) is 22.4 Å². The molecule has 0 radical (unpaired) electrons. The fourth-order valence-electron chi connectivity index (χ4n) is 1.76. The average Bonchev–Trinajstić information content (AvgIpc) is 2.48. The topological polar surface area (TPSA) is 63.6 Å². The molecule has 5 nitrogen and oxygen atoms in total. The zero-order valence-electron chi connectivity index (χ0n) is 10.7. The molecule has 1 N–H and O–H groups in total. The number of hydrogen-bond acceptors (Lipinski definition) is 5. The lowest BCUT2D eigenvalue weighted by molar-refractivity contribution is 0.561. The fraction of sp³-hybridized carbons (Fsp3) is 0.0769. The van der Waals surface area contributed by atoms with E-state index < -0.39 is 11.6 Å². The second-order valence-corrected chi connectivity index (χ2v) is 4.63. The molecule has 0 saturated carbocycles. The molecule has 8 heteroatoms. The Labute approximate surface area is 123 Å². The van der Waals surface area contributed by atoms with Gasteiger partial charge in [-0.3, -0.25) is 0 Å². The summed E-state index contributed by atoms with van der Waals surface area (Å²) in [6.07, 6.45) is 2.24. The Morgan fingerprint density at radius 2 is 1.90 bits per heavy atom. The predicted octanol–water partition coefficient (Wildman–Crippen LogP) is 3.40. The van der Waals surface area contributed by atoms with E-state index in [0.29, 0.717) is 11.0 Å². The summed E-state index contributed by atoms with van der Waals surface area (Å²) >= 11 is 5.84. The number of halogens is 3. The maximum Gasteiger partial charge on any atom is 0.171 e. The van der Waals surface area contributed by atoms with Crippen LogP contribution in [0.4, 0.5) is 20.4 Å². The Hall–Kier alpha value is -2.41. The van der Waals surface area contributed by atoms with Gasteiger partial charge in [-0.15, -0.1) is 0 Å². The number of nitrogens with zero attached hydrogens (tertiary/aromatic N) is 4. The zero-order valence-corrected chi connectivity index (χ0v) is 11.5. The first-order chi connectivity index (χ1) is 10.1. The average molecular weight is 308 g/mol. The van der Waals surface area contributed by atoms with E-state index in [1.165, 1.54) is 13.3 Å². The van der Waals surface area contributed by atoms with Crippen LogP contribution < -0.4 is 5.32 Å². The van der Waals surface area contributed by atoms with Gasteiger partial charge in [-0.25, -0.2) is 28.7 Å². The Kier molecular flexibility index (Phi) is 3.34. The smallest absolute Gasteiger partial charge is 0.171 e. The van der Waals surface area contributed by atoms with Crippen LogP contribution in [0.1, 0.15) is 5.56 Å². The van der Waals surface area contributed by atoms with Crippen molar-refractivity contribution < 1.29 is 8.78 Å². The van der Waals surface area contributed by atoms with Gasteiger partial charge in [0.15, 0.2) is 17.5 Å². The first-order valence-corrected chi connectivity index (χ1v) is 6.29. The van der Waals surface area contributed by atoms with Gasteiger partial charge in [0.2, 0.25) is 0 Å². The summed E-state index contributed by atoms with van der Waals surface area (Å²) in [5.74, 6) is -1.41. The van der Waals surface area contributed by atoms with Crippen molar-refractivity contribution in [1.82, 2.24) is 19.9 Å². The van der Waals surface area contributed by atoms with Gasteiger partial charge in [0, 0.05) is 5.56 Å². The van der Waals surface area contributed by atoms with E-state index in [2.05, 4.69) is 25.3 Å². The number of anilines is 2. The summed E-state index contributed by atoms with van der Waals surface area (Å²) in [4.78, 5) is 15.8. The minimum Gasteiger partial charge on any atom is -0.321 e. The standard InChI is InChI=1S/C13H8ClF2N5/c1-6-7(15)4-17-12(10(6)16)21-13-11-8(18-5-19-13)2-3-9(14)20-11/h2-5H,1H3,(H,17,18,19,21). The van der Waals surface area contributed by atoms with Gasteiger partial charge < -0.3 is 5.32 Å². The highest BCUT2D eigenvalue weighted by Crippen LogP contribution is 2.24. The highest BCUT2D eigenvalue weighted by atomic mass is 35.5. The third-order valence-corrected chi connectivity index (χ3v) is 3.10. The van der Waals surface area contributed by atoms with Crippen molar-refractivity contribution in [3.63, 3.8) is 0 Å². The monoisotopic (exact) mass is 307 g/mol. The summed E-state index contributed by atoms with van der Waals surface area (Å²) in [6, 6.07) is 3.25. The molecule has 0 aliphatic rings. The molecule has 106 valence electrons. The van der Waals surface area contributed by atoms with Crippen LogP contribution >= 0.6 is 11.6 Å². The van der Waals surface area contributed by atoms with Crippen LogP contribution in [0.25, 0.3) is 11.0 Å². The SMILES string of the molecule is Cc1c(F)cnc(Nc2ncnc3ccc(Cl)nc23)c1F. The molecule has 21 heavy (non-hydrogen) atoms. The summed E-state index contributed by atoms with van der Waals surface area (Å²) < 4.78 is 27.2. The number of hydrogen-bond donors (Lipinski definition) is 1. The van der Waals surface area contributed by atoms with E-state index in [4.69, 9.17) is 11.6 Å². The number of rotatable bonds is 2. The maximum atomic E-state index is 14.0. The van der Waals surface area contributed by atoms with Gasteiger partial charge in [0.1, 0.15) is 22.8 Å². The van der Waals surface area contributed by atoms with Gasteiger partial charge in [0.05, 0.1) is 11.7 Å². The highest BCUT2D eigenvalue weighted by Gasteiger charge is 2.14. The van der Waals surface area contributed by atoms with Crippen LogP contribution in [0, 0.1) is 18.6 Å². The van der Waals surface area contributed by atoms with Gasteiger partial charge in [-0.2, -0.15) is 0 Å². The molecule has 0 bridgehead atoms. The van der Waals surface area contributed by atoms with Crippen LogP contribution in [0.2, 0.25) is 5.15 Å². The molecule has 0 spiro atoms. The van der Waals surface area contributed by atoms with Crippen LogP contribution in [0.5, 0.6) is 0 Å². The van der Waals surface area contributed by atoms with Crippen molar-refractivity contribution in [2.45, 2.75) is 6.92 Å². The van der Waals surface area contributed by atoms with Crippen LogP contribution in [-0.2, 0) is 0 Å². The Morgan fingerprint density at radius 1 is 1.10 bits per heavy atom. The fourth-order valence-corrected chi connectivity index (χ4v) is 1.91. The van der Waals surface area contributed by atoms with E-state index in [0.717, 1.165) is 6.20 Å². The van der Waals surface area contributed by atoms with Gasteiger partial charge in [-0.05, 0) is 19.1 Å². The number of fused-ring (bicyclic) bond motifs is 1. The molecular formula is C13H8ClF2N5. The molecule has 3 aromatic heterocycles. The highest BCUT2D eigenvalue weighted by molar-refractivity contribution is 6.29. The molecule has 0 saturated heterocycles. The number of pyridine rings is 2. The molecule has 0 aliphatic heterocycles. The van der Waals surface area contributed by atoms with Crippen molar-refractivity contribution in [2.24, 2.45) is 0 Å². The normalized spacial score (nSPS) is 10.9. The molecule has 0 aromatic carbocycles. The van der Waals surface area contributed by atoms with Crippen molar-refractivity contribution >= 4 is 34.3 Å². The van der Waals surface area contributed by atoms with Crippen LogP contribution in [0.15, 0.2) is 24.7 Å². The largest absolute Gasteiger partial charge is 0.321 e. The maximum absolute atomic E-state index is 14.0.